The summed E-state index contributed by atoms with van der Waals surface area (Å²) in [5.74, 6) is 2.60. The Kier molecular flexibility index (Phi) is 10.5. The molecule has 0 spiro atoms. The van der Waals surface area contributed by atoms with Crippen LogP contribution in [-0.4, -0.2) is 24.5 Å². The van der Waals surface area contributed by atoms with Crippen LogP contribution in [0.2, 0.25) is 0 Å². The van der Waals surface area contributed by atoms with Gasteiger partial charge in [0.05, 0.1) is 0 Å². The molecule has 0 aliphatic heterocycles. The van der Waals surface area contributed by atoms with Gasteiger partial charge in [0.15, 0.2) is 0 Å². The number of hydrogen-bond acceptors (Lipinski definition) is 7. The zero-order valence-electron chi connectivity index (χ0n) is 26.9. The molecule has 0 aliphatic carbocycles. The molecule has 0 radical (unpaired) electrons. The quantitative estimate of drug-likeness (QED) is 0.141. The number of hydrogen-bond donors (Lipinski definition) is 0. The van der Waals surface area contributed by atoms with Crippen LogP contribution < -0.4 is 9.47 Å². The predicted molar refractivity (Wildman–Crippen MR) is 195 cm³/mol. The van der Waals surface area contributed by atoms with Gasteiger partial charge in [-0.05, 0) is 45.9 Å². The van der Waals surface area contributed by atoms with E-state index >= 15 is 0 Å². The van der Waals surface area contributed by atoms with Gasteiger partial charge in [0.2, 0.25) is 5.95 Å². The first kappa shape index (κ1) is 35.2. The molecular formula is C42H23N5O2Pt2S. The molecule has 0 unspecified atom stereocenters. The van der Waals surface area contributed by atoms with Crippen molar-refractivity contribution in [1.29, 1.82) is 0 Å². The van der Waals surface area contributed by atoms with Gasteiger partial charge >= 0.3 is 42.1 Å². The topological polar surface area (TPSA) is 75.0 Å². The Hall–Kier alpha value is -5.26. The van der Waals surface area contributed by atoms with Crippen LogP contribution in [0.4, 0.5) is 0 Å². The molecule has 52 heavy (non-hydrogen) atoms. The van der Waals surface area contributed by atoms with E-state index in [1.165, 1.54) is 0 Å². The number of pyridine rings is 2. The van der Waals surface area contributed by atoms with Gasteiger partial charge in [0.25, 0.3) is 0 Å². The molecule has 0 saturated heterocycles. The summed E-state index contributed by atoms with van der Waals surface area (Å²) in [7, 11) is 0. The minimum absolute atomic E-state index is 0. The van der Waals surface area contributed by atoms with E-state index in [9.17, 15) is 0 Å². The Morgan fingerprint density at radius 1 is 0.500 bits per heavy atom. The predicted octanol–water partition coefficient (Wildman–Crippen LogP) is 10.2. The SMILES string of the molecule is [Pt+2].[Pt+2].[c-]1c(Oc2[c-]c3c(cc2)c2ccc(Oc4[c-]c(-c5ccccn5)ccc4)[c-]c2n3-c2ncc(-c3ccsc3)cn2)cccc1-c1ccccn1. The Bertz CT molecular complexity index is 2460. The summed E-state index contributed by atoms with van der Waals surface area (Å²) in [6.45, 7) is 0. The summed E-state index contributed by atoms with van der Waals surface area (Å²) < 4.78 is 14.6. The molecule has 0 fully saturated rings. The van der Waals surface area contributed by atoms with E-state index in [0.717, 1.165) is 55.4 Å². The fourth-order valence-corrected chi connectivity index (χ4v) is 6.42. The number of aromatic nitrogens is 5. The monoisotopic (exact) mass is 1050 g/mol. The van der Waals surface area contributed by atoms with Gasteiger partial charge in [-0.1, -0.05) is 47.4 Å². The average molecular weight is 1050 g/mol. The number of thiophene rings is 1. The summed E-state index contributed by atoms with van der Waals surface area (Å²) in [6.07, 6.45) is 7.19. The van der Waals surface area contributed by atoms with E-state index in [1.807, 2.05) is 119 Å². The standard InChI is InChI=1S/C42H23N5O2S.2Pt/c1-3-18-43-38(11-1)28-7-5-9-32(21-28)48-34-13-15-36-37-16-14-35(49-33-10-6-8-29(22-33)39-12-2-4-19-44-39)24-41(37)47(40(36)23-34)42-45-25-31(26-46-42)30-17-20-50-27-30;;/h1-20,25-27H;;/q-4;2*+2. The molecule has 9 aromatic rings. The van der Waals surface area contributed by atoms with Crippen LogP contribution in [0.25, 0.3) is 61.4 Å². The van der Waals surface area contributed by atoms with Crippen molar-refractivity contribution in [2.45, 2.75) is 0 Å². The Labute approximate surface area is 332 Å². The molecule has 9 rings (SSSR count). The summed E-state index contributed by atoms with van der Waals surface area (Å²) in [5.41, 5.74) is 6.78. The van der Waals surface area contributed by atoms with E-state index in [0.29, 0.717) is 28.9 Å². The molecule has 254 valence electrons. The Morgan fingerprint density at radius 2 is 1.04 bits per heavy atom. The smallest absolute Gasteiger partial charge is 0.503 e. The van der Waals surface area contributed by atoms with Gasteiger partial charge in [0, 0.05) is 53.3 Å². The van der Waals surface area contributed by atoms with Crippen LogP contribution in [0.5, 0.6) is 23.0 Å². The van der Waals surface area contributed by atoms with E-state index in [2.05, 4.69) is 45.7 Å². The van der Waals surface area contributed by atoms with Crippen LogP contribution in [0.15, 0.2) is 139 Å². The van der Waals surface area contributed by atoms with Crippen molar-refractivity contribution >= 4 is 33.1 Å². The molecule has 4 aromatic carbocycles. The van der Waals surface area contributed by atoms with Crippen molar-refractivity contribution in [3.05, 3.63) is 163 Å². The van der Waals surface area contributed by atoms with E-state index in [1.54, 1.807) is 23.7 Å². The third-order valence-electron chi connectivity index (χ3n) is 8.08. The maximum atomic E-state index is 6.32. The fraction of sp³-hybridized carbons (Fsp3) is 0. The normalized spacial score (nSPS) is 10.8. The first-order valence-corrected chi connectivity index (χ1v) is 16.7. The second-order valence-electron chi connectivity index (χ2n) is 11.3. The van der Waals surface area contributed by atoms with Crippen molar-refractivity contribution in [2.24, 2.45) is 0 Å². The summed E-state index contributed by atoms with van der Waals surface area (Å²) in [4.78, 5) is 18.5. The maximum Gasteiger partial charge on any atom is 2.00 e. The zero-order valence-corrected chi connectivity index (χ0v) is 32.2. The van der Waals surface area contributed by atoms with Crippen LogP contribution in [0, 0.1) is 24.3 Å². The third-order valence-corrected chi connectivity index (χ3v) is 8.77. The number of rotatable bonds is 8. The van der Waals surface area contributed by atoms with Gasteiger partial charge in [-0.2, -0.15) is 34.2 Å². The van der Waals surface area contributed by atoms with Crippen LogP contribution in [0.3, 0.4) is 0 Å². The molecule has 0 amide bonds. The maximum absolute atomic E-state index is 6.32. The summed E-state index contributed by atoms with van der Waals surface area (Å²) >= 11 is 1.63. The van der Waals surface area contributed by atoms with Crippen LogP contribution in [-0.2, 0) is 42.1 Å². The second kappa shape index (κ2) is 15.5. The molecule has 5 heterocycles. The van der Waals surface area contributed by atoms with Gasteiger partial charge in [-0.25, -0.2) is 9.97 Å². The molecule has 10 heteroatoms. The van der Waals surface area contributed by atoms with Crippen LogP contribution >= 0.6 is 11.3 Å². The van der Waals surface area contributed by atoms with Gasteiger partial charge < -0.3 is 24.0 Å². The van der Waals surface area contributed by atoms with Crippen molar-refractivity contribution < 1.29 is 51.6 Å². The van der Waals surface area contributed by atoms with Gasteiger partial charge in [-0.15, -0.1) is 71.8 Å². The number of nitrogens with zero attached hydrogens (tertiary/aromatic N) is 5. The van der Waals surface area contributed by atoms with E-state index < -0.39 is 0 Å². The van der Waals surface area contributed by atoms with Crippen molar-refractivity contribution in [2.75, 3.05) is 0 Å². The Balaban J connectivity index is 0.00000210. The minimum atomic E-state index is 0. The summed E-state index contributed by atoms with van der Waals surface area (Å²) in [6, 6.07) is 46.6. The molecule has 0 N–H and O–H groups in total. The number of fused-ring (bicyclic) bond motifs is 3. The van der Waals surface area contributed by atoms with Crippen LogP contribution in [0.1, 0.15) is 0 Å². The molecule has 0 bridgehead atoms. The van der Waals surface area contributed by atoms with Crippen molar-refractivity contribution in [1.82, 2.24) is 24.5 Å². The zero-order chi connectivity index (χ0) is 33.3. The first-order chi connectivity index (χ1) is 24.7. The van der Waals surface area contributed by atoms with Crippen molar-refractivity contribution in [3.63, 3.8) is 0 Å². The molecule has 5 aromatic heterocycles. The van der Waals surface area contributed by atoms with Gasteiger partial charge in [0.1, 0.15) is 0 Å². The molecular weight excluding hydrogens is 1030 g/mol. The second-order valence-corrected chi connectivity index (χ2v) is 12.1. The van der Waals surface area contributed by atoms with E-state index in [4.69, 9.17) is 19.4 Å². The largest absolute Gasteiger partial charge is 2.00 e. The van der Waals surface area contributed by atoms with E-state index in [-0.39, 0.29) is 42.1 Å². The molecule has 0 aliphatic rings. The molecule has 7 nitrogen and oxygen atoms in total. The molecule has 0 saturated carbocycles. The fourth-order valence-electron chi connectivity index (χ4n) is 5.75. The number of benzene rings is 4. The summed E-state index contributed by atoms with van der Waals surface area (Å²) in [5, 5.41) is 6.00. The third kappa shape index (κ3) is 7.11. The Morgan fingerprint density at radius 3 is 1.52 bits per heavy atom. The first-order valence-electron chi connectivity index (χ1n) is 15.8. The number of ether oxygens (including phenoxy) is 2. The molecule has 0 atom stereocenters. The minimum Gasteiger partial charge on any atom is -0.503 e. The average Bonchev–Trinajstić information content (AvgIpc) is 3.83. The van der Waals surface area contributed by atoms with Crippen molar-refractivity contribution in [3.8, 4) is 62.6 Å². The van der Waals surface area contributed by atoms with Gasteiger partial charge in [-0.3, -0.25) is 0 Å².